The molecule has 0 bridgehead atoms. The van der Waals surface area contributed by atoms with E-state index in [0.717, 1.165) is 22.4 Å². The summed E-state index contributed by atoms with van der Waals surface area (Å²) in [4.78, 5) is 34.7. The Labute approximate surface area is 157 Å². The van der Waals surface area contributed by atoms with Gasteiger partial charge in [-0.15, -0.1) is 0 Å². The molecule has 2 aromatic carbocycles. The Kier molecular flexibility index (Phi) is 4.36. The monoisotopic (exact) mass is 359 g/mol. The lowest BCUT2D eigenvalue weighted by molar-refractivity contribution is 0.0732. The molecule has 0 saturated carbocycles. The number of nitrogens with zero attached hydrogens (tertiary/aromatic N) is 2. The molecule has 0 fully saturated rings. The molecule has 4 rings (SSSR count). The average Bonchev–Trinajstić information content (AvgIpc) is 2.68. The van der Waals surface area contributed by atoms with Crippen LogP contribution in [-0.4, -0.2) is 27.3 Å². The zero-order chi connectivity index (χ0) is 19.0. The highest BCUT2D eigenvalue weighted by atomic mass is 16.2. The molecule has 1 aromatic heterocycles. The van der Waals surface area contributed by atoms with E-state index in [1.54, 1.807) is 4.90 Å². The summed E-state index contributed by atoms with van der Waals surface area (Å²) in [6, 6.07) is 15.4. The van der Waals surface area contributed by atoms with Gasteiger partial charge in [0.25, 0.3) is 11.5 Å². The van der Waals surface area contributed by atoms with Gasteiger partial charge >= 0.3 is 0 Å². The molecule has 5 heteroatoms. The number of aromatic nitrogens is 2. The predicted molar refractivity (Wildman–Crippen MR) is 105 cm³/mol. The zero-order valence-electron chi connectivity index (χ0n) is 15.5. The Morgan fingerprint density at radius 2 is 1.85 bits per heavy atom. The molecule has 1 aliphatic heterocycles. The van der Waals surface area contributed by atoms with Crippen LogP contribution in [0.5, 0.6) is 0 Å². The van der Waals surface area contributed by atoms with E-state index in [-0.39, 0.29) is 11.5 Å². The van der Waals surface area contributed by atoms with E-state index in [4.69, 9.17) is 0 Å². The second-order valence-electron chi connectivity index (χ2n) is 7.05. The van der Waals surface area contributed by atoms with Gasteiger partial charge in [-0.25, -0.2) is 4.98 Å². The third-order valence-electron chi connectivity index (χ3n) is 4.95. The van der Waals surface area contributed by atoms with Crippen molar-refractivity contribution in [1.29, 1.82) is 0 Å². The number of carbonyl (C=O) groups is 1. The maximum atomic E-state index is 12.8. The van der Waals surface area contributed by atoms with Gasteiger partial charge in [0.15, 0.2) is 0 Å². The highest BCUT2D eigenvalue weighted by Crippen LogP contribution is 2.20. The summed E-state index contributed by atoms with van der Waals surface area (Å²) in [6.45, 7) is 4.85. The summed E-state index contributed by atoms with van der Waals surface area (Å²) in [5.41, 5.74) is 4.96. The van der Waals surface area contributed by atoms with Gasteiger partial charge in [-0.1, -0.05) is 41.5 Å². The number of aromatic amines is 1. The summed E-state index contributed by atoms with van der Waals surface area (Å²) >= 11 is 0. The van der Waals surface area contributed by atoms with Gasteiger partial charge in [-0.2, -0.15) is 0 Å². The number of H-pyrrole nitrogens is 1. The van der Waals surface area contributed by atoms with E-state index in [9.17, 15) is 9.59 Å². The van der Waals surface area contributed by atoms with Crippen molar-refractivity contribution in [1.82, 2.24) is 14.9 Å². The average molecular weight is 359 g/mol. The minimum absolute atomic E-state index is 0.0530. The highest BCUT2D eigenvalue weighted by Gasteiger charge is 2.25. The first-order valence-corrected chi connectivity index (χ1v) is 9.06. The van der Waals surface area contributed by atoms with Crippen molar-refractivity contribution >= 4 is 5.91 Å². The van der Waals surface area contributed by atoms with Gasteiger partial charge in [0, 0.05) is 24.1 Å². The van der Waals surface area contributed by atoms with Crippen LogP contribution in [-0.2, 0) is 13.0 Å². The molecular formula is C22H21N3O2. The first-order valence-electron chi connectivity index (χ1n) is 9.06. The first-order chi connectivity index (χ1) is 13.0. The molecule has 3 aromatic rings. The summed E-state index contributed by atoms with van der Waals surface area (Å²) in [5, 5.41) is 0. The molecule has 1 aliphatic rings. The standard InChI is InChI=1S/C22H21N3O2/c1-14-6-8-16(9-7-14)22(27)25-11-10-19-18(13-25)21(26)24-20(23-19)17-5-3-4-15(2)12-17/h3-9,12H,10-11,13H2,1-2H3,(H,23,24,26). The number of rotatable bonds is 2. The molecule has 0 aliphatic carbocycles. The highest BCUT2D eigenvalue weighted by molar-refractivity contribution is 5.94. The number of hydrogen-bond donors (Lipinski definition) is 1. The fourth-order valence-corrected chi connectivity index (χ4v) is 3.41. The Hall–Kier alpha value is -3.21. The van der Waals surface area contributed by atoms with Crippen LogP contribution in [0.25, 0.3) is 11.4 Å². The van der Waals surface area contributed by atoms with Gasteiger partial charge in [-0.3, -0.25) is 9.59 Å². The molecule has 2 heterocycles. The minimum atomic E-state index is -0.169. The Morgan fingerprint density at radius 3 is 2.59 bits per heavy atom. The van der Waals surface area contributed by atoms with Crippen molar-refractivity contribution in [3.8, 4) is 11.4 Å². The lowest BCUT2D eigenvalue weighted by atomic mass is 10.0. The van der Waals surface area contributed by atoms with E-state index in [2.05, 4.69) is 9.97 Å². The second kappa shape index (κ2) is 6.83. The molecular weight excluding hydrogens is 338 g/mol. The molecule has 27 heavy (non-hydrogen) atoms. The number of amides is 1. The SMILES string of the molecule is Cc1ccc(C(=O)N2CCc3nc(-c4cccc(C)c4)[nH]c(=O)c3C2)cc1. The van der Waals surface area contributed by atoms with Crippen molar-refractivity contribution in [2.24, 2.45) is 0 Å². The van der Waals surface area contributed by atoms with E-state index < -0.39 is 0 Å². The van der Waals surface area contributed by atoms with Gasteiger partial charge in [0.05, 0.1) is 17.8 Å². The molecule has 0 atom stereocenters. The topological polar surface area (TPSA) is 66.1 Å². The van der Waals surface area contributed by atoms with Crippen LogP contribution < -0.4 is 5.56 Å². The molecule has 0 saturated heterocycles. The van der Waals surface area contributed by atoms with Crippen LogP contribution in [0.1, 0.15) is 32.7 Å². The number of aryl methyl sites for hydroxylation is 2. The Morgan fingerprint density at radius 1 is 1.07 bits per heavy atom. The molecule has 1 N–H and O–H groups in total. The van der Waals surface area contributed by atoms with Crippen LogP contribution in [0.2, 0.25) is 0 Å². The van der Waals surface area contributed by atoms with Crippen LogP contribution in [0.15, 0.2) is 53.3 Å². The van der Waals surface area contributed by atoms with Crippen LogP contribution >= 0.6 is 0 Å². The van der Waals surface area contributed by atoms with Crippen molar-refractivity contribution < 1.29 is 4.79 Å². The van der Waals surface area contributed by atoms with E-state index in [0.29, 0.717) is 36.5 Å². The van der Waals surface area contributed by atoms with Gasteiger partial charge in [0.1, 0.15) is 5.82 Å². The largest absolute Gasteiger partial charge is 0.334 e. The third kappa shape index (κ3) is 3.40. The number of carbonyl (C=O) groups excluding carboxylic acids is 1. The second-order valence-corrected chi connectivity index (χ2v) is 7.05. The summed E-state index contributed by atoms with van der Waals surface area (Å²) in [5.74, 6) is 0.531. The van der Waals surface area contributed by atoms with Gasteiger partial charge < -0.3 is 9.88 Å². The predicted octanol–water partition coefficient (Wildman–Crippen LogP) is 3.25. The molecule has 5 nitrogen and oxygen atoms in total. The van der Waals surface area contributed by atoms with Crippen LogP contribution in [0, 0.1) is 13.8 Å². The molecule has 0 radical (unpaired) electrons. The minimum Gasteiger partial charge on any atom is -0.334 e. The molecule has 0 unspecified atom stereocenters. The first kappa shape index (κ1) is 17.2. The fourth-order valence-electron chi connectivity index (χ4n) is 3.41. The number of fused-ring (bicyclic) bond motifs is 1. The maximum Gasteiger partial charge on any atom is 0.256 e. The van der Waals surface area contributed by atoms with Crippen molar-refractivity contribution in [3.63, 3.8) is 0 Å². The normalized spacial score (nSPS) is 13.3. The number of nitrogens with one attached hydrogen (secondary N) is 1. The molecule has 0 spiro atoms. The van der Waals surface area contributed by atoms with Crippen molar-refractivity contribution in [2.75, 3.05) is 6.54 Å². The smallest absolute Gasteiger partial charge is 0.256 e. The maximum absolute atomic E-state index is 12.8. The van der Waals surface area contributed by atoms with Gasteiger partial charge in [-0.05, 0) is 32.0 Å². The quantitative estimate of drug-likeness (QED) is 0.764. The zero-order valence-corrected chi connectivity index (χ0v) is 15.5. The van der Waals surface area contributed by atoms with E-state index >= 15 is 0 Å². The lowest BCUT2D eigenvalue weighted by Gasteiger charge is -2.28. The molecule has 136 valence electrons. The number of hydrogen-bond acceptors (Lipinski definition) is 3. The van der Waals surface area contributed by atoms with Crippen molar-refractivity contribution in [2.45, 2.75) is 26.8 Å². The fraction of sp³-hybridized carbons (Fsp3) is 0.227. The van der Waals surface area contributed by atoms with Gasteiger partial charge in [0.2, 0.25) is 0 Å². The van der Waals surface area contributed by atoms with Crippen molar-refractivity contribution in [3.05, 3.63) is 86.8 Å². The summed E-state index contributed by atoms with van der Waals surface area (Å²) in [7, 11) is 0. The third-order valence-corrected chi connectivity index (χ3v) is 4.95. The molecule has 1 amide bonds. The summed E-state index contributed by atoms with van der Waals surface area (Å²) < 4.78 is 0. The van der Waals surface area contributed by atoms with E-state index in [1.165, 1.54) is 0 Å². The number of benzene rings is 2. The Balaban J connectivity index is 1.63. The lowest BCUT2D eigenvalue weighted by Crippen LogP contribution is -2.39. The Bertz CT molecular complexity index is 1070. The van der Waals surface area contributed by atoms with Crippen LogP contribution in [0.4, 0.5) is 0 Å². The summed E-state index contributed by atoms with van der Waals surface area (Å²) in [6.07, 6.45) is 0.579. The van der Waals surface area contributed by atoms with Crippen LogP contribution in [0.3, 0.4) is 0 Å². The van der Waals surface area contributed by atoms with E-state index in [1.807, 2.05) is 62.4 Å².